The second kappa shape index (κ2) is 46.9. The molecule has 0 aromatic heterocycles. The Morgan fingerprint density at radius 2 is 0.262 bits per heavy atom. The van der Waals surface area contributed by atoms with Crippen molar-refractivity contribution in [1.82, 2.24) is 0 Å². The maximum Gasteiger partial charge on any atom is 0.416 e. The smallest absolute Gasteiger partial charge is 0.207 e. The predicted molar refractivity (Wildman–Crippen MR) is 499 cm³/mol. The van der Waals surface area contributed by atoms with Crippen LogP contribution in [0.1, 0.15) is 11.1 Å². The van der Waals surface area contributed by atoms with Crippen molar-refractivity contribution in [2.45, 2.75) is 100 Å². The van der Waals surface area contributed by atoms with E-state index >= 15 is 0 Å². The molecule has 0 bridgehead atoms. The largest absolute Gasteiger partial charge is 0.416 e. The topological polar surface area (TPSA) is 0 Å². The molecule has 0 radical (unpaired) electrons. The van der Waals surface area contributed by atoms with Crippen LogP contribution in [0.2, 0.25) is 0 Å². The molecule has 0 atom stereocenters. The Kier molecular flexibility index (Phi) is 34.1. The van der Waals surface area contributed by atoms with E-state index in [4.69, 9.17) is 0 Å². The summed E-state index contributed by atoms with van der Waals surface area (Å²) in [4.78, 5) is 17.8. The third-order valence-corrected chi connectivity index (χ3v) is 32.3. The molecule has 0 fully saturated rings. The van der Waals surface area contributed by atoms with Crippen LogP contribution in [0.5, 0.6) is 0 Å². The van der Waals surface area contributed by atoms with Crippen LogP contribution in [0.15, 0.2) is 573 Å². The quantitative estimate of drug-likeness (QED) is 0.0593. The summed E-state index contributed by atoms with van der Waals surface area (Å²) < 4.78 is 184. The van der Waals surface area contributed by atoms with Gasteiger partial charge in [0.05, 0.1) is 76.5 Å². The number of benzene rings is 18. The van der Waals surface area contributed by atoms with E-state index in [9.17, 15) is 61.5 Å². The van der Waals surface area contributed by atoms with Crippen molar-refractivity contribution in [1.29, 1.82) is 0 Å². The summed E-state index contributed by atoms with van der Waals surface area (Å²) in [5.41, 5.74) is -1.23. The van der Waals surface area contributed by atoms with Crippen LogP contribution in [0, 0.1) is 46.5 Å². The summed E-state index contributed by atoms with van der Waals surface area (Å²) >= 11 is 0. The monoisotopic (exact) mass is 1860 g/mol. The second-order valence-corrected chi connectivity index (χ2v) is 40.2. The van der Waals surface area contributed by atoms with E-state index in [1.807, 2.05) is 243 Å². The fourth-order valence-corrected chi connectivity index (χ4v) is 25.6. The molecule has 20 heteroatoms. The second-order valence-electron chi connectivity index (χ2n) is 28.0. The molecule has 0 saturated heterocycles. The highest BCUT2D eigenvalue weighted by atomic mass is 32.2. The van der Waals surface area contributed by atoms with Gasteiger partial charge in [0.25, 0.3) is 0 Å². The Labute approximate surface area is 764 Å². The molecule has 0 amide bonds. The van der Waals surface area contributed by atoms with Gasteiger partial charge in [0.15, 0.2) is 88.1 Å². The van der Waals surface area contributed by atoms with Crippen LogP contribution in [-0.2, 0) is 77.7 Å². The fraction of sp³-hybridized carbons (Fsp3) is 0.0182. The Hall–Kier alpha value is -12.9. The van der Waals surface area contributed by atoms with Gasteiger partial charge in [0.1, 0.15) is 46.5 Å². The molecule has 130 heavy (non-hydrogen) atoms. The predicted octanol–water partition coefficient (Wildman–Crippen LogP) is 31.8. The number of hydrogen-bond donors (Lipinski definition) is 0. The molecule has 18 rings (SSSR count). The van der Waals surface area contributed by atoms with Crippen molar-refractivity contribution in [3.05, 3.63) is 543 Å². The Morgan fingerprint density at radius 1 is 0.115 bits per heavy atom. The van der Waals surface area contributed by atoms with Crippen molar-refractivity contribution < 1.29 is 61.5 Å². The minimum Gasteiger partial charge on any atom is -0.207 e. The molecule has 0 spiro atoms. The highest BCUT2D eigenvalue weighted by molar-refractivity contribution is 7.98. The zero-order valence-corrected chi connectivity index (χ0v) is 73.8. The van der Waals surface area contributed by atoms with E-state index in [0.717, 1.165) is 91.6 Å². The number of rotatable bonds is 18. The Bertz CT molecular complexity index is 6120. The summed E-state index contributed by atoms with van der Waals surface area (Å²) in [6.07, 6.45) is -8.64. The lowest BCUT2D eigenvalue weighted by Crippen LogP contribution is -2.09. The van der Waals surface area contributed by atoms with Crippen LogP contribution >= 0.6 is 0 Å². The van der Waals surface area contributed by atoms with E-state index in [0.29, 0.717) is 4.90 Å². The lowest BCUT2D eigenvalue weighted by atomic mass is 10.2. The molecule has 0 aliphatic heterocycles. The highest BCUT2D eigenvalue weighted by Gasteiger charge is 2.38. The SMILES string of the molecule is FC(F)(F)c1ccc([S+](c2ccccc2)c2ccccc2)cc1.FC(F)(F)c1cccc([S+](c2ccccc2)c2ccccc2)c1.Fc1ccc([S+](c2ccc(F)cc2)c2ccc(F)cc2)cc1.Fc1ccc([S+](c2ccccc2)c2ccc(F)cc2)cc1.Fc1ccc([S+](c2ccccc2)c2ccccc2)cc1.Fc1cccc([S+](c2ccccc2)c2cccc(F)c2)c1. The molecule has 0 unspecified atom stereocenters. The molecule has 0 aliphatic rings. The zero-order chi connectivity index (χ0) is 91.2. The minimum atomic E-state index is -4.33. The molecule has 648 valence electrons. The van der Waals surface area contributed by atoms with Gasteiger partial charge in [-0.05, 0) is 303 Å². The first-order valence-corrected chi connectivity index (χ1v) is 47.7. The molecule has 0 nitrogen and oxygen atoms in total. The lowest BCUT2D eigenvalue weighted by Gasteiger charge is -2.10. The lowest BCUT2D eigenvalue weighted by molar-refractivity contribution is -0.138. The van der Waals surface area contributed by atoms with Gasteiger partial charge in [-0.15, -0.1) is 0 Å². The zero-order valence-electron chi connectivity index (χ0n) is 68.9. The van der Waals surface area contributed by atoms with Crippen molar-refractivity contribution in [3.63, 3.8) is 0 Å². The number of hydrogen-bond acceptors (Lipinski definition) is 0. The average molecular weight is 1860 g/mol. The first kappa shape index (κ1) is 94.7. The molecule has 0 saturated carbocycles. The first-order valence-electron chi connectivity index (χ1n) is 40.3. The normalized spacial score (nSPS) is 11.1. The summed E-state index contributed by atoms with van der Waals surface area (Å²) in [5, 5.41) is 0. The van der Waals surface area contributed by atoms with Crippen LogP contribution in [-0.4, -0.2) is 0 Å². The minimum absolute atomic E-state index is 0.190. The van der Waals surface area contributed by atoms with Gasteiger partial charge in [-0.3, -0.25) is 0 Å². The van der Waals surface area contributed by atoms with Gasteiger partial charge in [-0.1, -0.05) is 164 Å². The van der Waals surface area contributed by atoms with E-state index in [2.05, 4.69) is 24.3 Å². The average Bonchev–Trinajstić information content (AvgIpc) is 0.738. The summed E-state index contributed by atoms with van der Waals surface area (Å²) in [5.74, 6) is -2.21. The number of halogens is 14. The number of alkyl halides is 6. The van der Waals surface area contributed by atoms with Gasteiger partial charge in [-0.2, -0.15) is 26.3 Å². The van der Waals surface area contributed by atoms with E-state index in [1.54, 1.807) is 91.0 Å². The maximum absolute atomic E-state index is 13.6. The molecule has 0 heterocycles. The van der Waals surface area contributed by atoms with E-state index in [1.165, 1.54) is 119 Å². The van der Waals surface area contributed by atoms with Crippen LogP contribution in [0.25, 0.3) is 0 Å². The van der Waals surface area contributed by atoms with Crippen molar-refractivity contribution in [2.24, 2.45) is 0 Å². The Morgan fingerprint density at radius 3 is 0.446 bits per heavy atom. The molecule has 0 aliphatic carbocycles. The van der Waals surface area contributed by atoms with Gasteiger partial charge < -0.3 is 0 Å². The van der Waals surface area contributed by atoms with Crippen LogP contribution in [0.4, 0.5) is 61.5 Å². The fourth-order valence-electron chi connectivity index (χ4n) is 13.1. The van der Waals surface area contributed by atoms with Crippen molar-refractivity contribution >= 4 is 65.4 Å². The molecule has 0 N–H and O–H groups in total. The summed E-state index contributed by atoms with van der Waals surface area (Å²) in [6, 6.07) is 142. The van der Waals surface area contributed by atoms with Gasteiger partial charge in [0.2, 0.25) is 0 Å². The Balaban J connectivity index is 0.000000133. The highest BCUT2D eigenvalue weighted by Crippen LogP contribution is 2.41. The first-order chi connectivity index (χ1) is 63.1. The molecular formula is C110H80F14S6+6. The standard InChI is InChI=1S/2C19H14F3S.C18H12F3S.2C18H13F2S.C18H14FS/c20-19(21,22)15-8-7-13-18(14-15)23(16-9-3-1-4-10-16)17-11-5-2-6-12-17;20-19(21,22)15-11-13-18(14-12-15)23(16-7-3-1-4-8-16)17-9-5-2-6-10-17;19-13-1-7-16(8-2-13)22(17-9-3-14(20)4-10-17)18-11-5-15(21)6-12-18;19-14-6-4-10-17(12-14)21(16-8-2-1-3-9-16)18-11-5-7-15(20)13-18;19-14-6-10-17(11-7-14)21(16-4-2-1-3-5-16)18-12-8-15(20)9-13-18;19-15-11-13-18(14-12-15)20(16-7-3-1-4-8-16)17-9-5-2-6-10-17/h2*1-14H;1-12H;2*1-13H;1-14H/q6*+1. The molecular weight excluding hydrogens is 1780 g/mol. The molecule has 18 aromatic rings. The van der Waals surface area contributed by atoms with Gasteiger partial charge >= 0.3 is 12.4 Å². The van der Waals surface area contributed by atoms with Gasteiger partial charge in [-0.25, -0.2) is 35.1 Å². The van der Waals surface area contributed by atoms with Crippen molar-refractivity contribution in [3.8, 4) is 0 Å². The van der Waals surface area contributed by atoms with E-state index in [-0.39, 0.29) is 68.3 Å². The van der Waals surface area contributed by atoms with Crippen LogP contribution in [0.3, 0.4) is 0 Å². The van der Waals surface area contributed by atoms with Crippen LogP contribution < -0.4 is 0 Å². The van der Waals surface area contributed by atoms with Crippen molar-refractivity contribution in [2.75, 3.05) is 0 Å². The van der Waals surface area contributed by atoms with E-state index < -0.39 is 67.1 Å². The summed E-state index contributed by atoms with van der Waals surface area (Å²) in [6.45, 7) is 0. The van der Waals surface area contributed by atoms with Gasteiger partial charge in [0, 0.05) is 18.2 Å². The summed E-state index contributed by atoms with van der Waals surface area (Å²) in [7, 11) is -2.59. The maximum atomic E-state index is 13.6. The third-order valence-electron chi connectivity index (χ3n) is 19.0. The third kappa shape index (κ3) is 27.1. The molecule has 18 aromatic carbocycles.